The molecule has 0 aliphatic carbocycles. The number of esters is 1. The summed E-state index contributed by atoms with van der Waals surface area (Å²) in [5, 5.41) is 9.50. The van der Waals surface area contributed by atoms with E-state index in [2.05, 4.69) is 4.74 Å². The highest BCUT2D eigenvalue weighted by Gasteiger charge is 2.42. The molecule has 0 spiro atoms. The Bertz CT molecular complexity index is 383. The van der Waals surface area contributed by atoms with Gasteiger partial charge in [-0.3, -0.25) is 8.98 Å². The molecule has 1 heterocycles. The molecule has 0 bridgehead atoms. The van der Waals surface area contributed by atoms with Gasteiger partial charge in [0.05, 0.1) is 19.5 Å². The zero-order chi connectivity index (χ0) is 13.2. The summed E-state index contributed by atoms with van der Waals surface area (Å²) in [5.41, 5.74) is 0. The first-order chi connectivity index (χ1) is 7.74. The Labute approximate surface area is 101 Å². The summed E-state index contributed by atoms with van der Waals surface area (Å²) in [5.74, 6) is -0.509. The van der Waals surface area contributed by atoms with Crippen LogP contribution in [0.1, 0.15) is 6.42 Å². The number of methoxy groups -OCH3 is 1. The third-order valence-corrected chi connectivity index (χ3v) is 3.19. The standard InChI is InChI=1S/C8H16BNO6S/c1-9(12)10-5-6(16-17(3,13)14)4-7(10)8(11)15-2/h6-7,12H,4-5H2,1-3H3/t6-,7+/m1/s1. The fraction of sp³-hybridized carbons (Fsp3) is 0.875. The molecule has 9 heteroatoms. The molecule has 0 aromatic rings. The van der Waals surface area contributed by atoms with Gasteiger partial charge in [0.25, 0.3) is 10.1 Å². The molecule has 1 N–H and O–H groups in total. The van der Waals surface area contributed by atoms with Crippen molar-refractivity contribution in [1.29, 1.82) is 0 Å². The van der Waals surface area contributed by atoms with Gasteiger partial charge >= 0.3 is 13.0 Å². The van der Waals surface area contributed by atoms with Gasteiger partial charge in [0.2, 0.25) is 0 Å². The van der Waals surface area contributed by atoms with Crippen molar-refractivity contribution in [2.75, 3.05) is 19.9 Å². The van der Waals surface area contributed by atoms with Gasteiger partial charge in [-0.2, -0.15) is 8.42 Å². The molecule has 7 nitrogen and oxygen atoms in total. The van der Waals surface area contributed by atoms with Crippen LogP contribution in [0.5, 0.6) is 0 Å². The van der Waals surface area contributed by atoms with Gasteiger partial charge in [-0.15, -0.1) is 0 Å². The zero-order valence-corrected chi connectivity index (χ0v) is 10.8. The molecule has 0 aromatic carbocycles. The van der Waals surface area contributed by atoms with E-state index in [-0.39, 0.29) is 13.0 Å². The number of carbonyl (C=O) groups excluding carboxylic acids is 1. The summed E-state index contributed by atoms with van der Waals surface area (Å²) < 4.78 is 31.4. The maximum Gasteiger partial charge on any atom is 0.377 e. The lowest BCUT2D eigenvalue weighted by Gasteiger charge is -2.22. The number of hydrogen-bond donors (Lipinski definition) is 1. The van der Waals surface area contributed by atoms with E-state index in [0.717, 1.165) is 6.26 Å². The molecule has 1 aliphatic heterocycles. The molecule has 2 atom stereocenters. The predicted molar refractivity (Wildman–Crippen MR) is 60.7 cm³/mol. The van der Waals surface area contributed by atoms with Crippen molar-refractivity contribution in [1.82, 2.24) is 4.81 Å². The SMILES string of the molecule is COC(=O)[C@@H]1C[C@@H](OS(C)(=O)=O)CN1B(C)O. The van der Waals surface area contributed by atoms with Gasteiger partial charge in [0.15, 0.2) is 0 Å². The monoisotopic (exact) mass is 265 g/mol. The van der Waals surface area contributed by atoms with Crippen molar-refractivity contribution in [3.63, 3.8) is 0 Å². The second-order valence-corrected chi connectivity index (χ2v) is 5.63. The minimum Gasteiger partial charge on any atom is -0.468 e. The summed E-state index contributed by atoms with van der Waals surface area (Å²) in [6, 6.07) is -0.674. The zero-order valence-electron chi connectivity index (χ0n) is 9.99. The summed E-state index contributed by atoms with van der Waals surface area (Å²) >= 11 is 0. The van der Waals surface area contributed by atoms with Crippen molar-refractivity contribution in [3.05, 3.63) is 0 Å². The maximum absolute atomic E-state index is 11.5. The first-order valence-electron chi connectivity index (χ1n) is 5.14. The van der Waals surface area contributed by atoms with Crippen LogP contribution in [0.4, 0.5) is 0 Å². The second-order valence-electron chi connectivity index (χ2n) is 4.03. The molecular formula is C8H16BNO6S. The Morgan fingerprint density at radius 2 is 2.12 bits per heavy atom. The lowest BCUT2D eigenvalue weighted by molar-refractivity contribution is -0.144. The number of hydrogen-bond acceptors (Lipinski definition) is 7. The average molecular weight is 265 g/mol. The Morgan fingerprint density at radius 1 is 1.53 bits per heavy atom. The number of rotatable bonds is 4. The molecule has 0 unspecified atom stereocenters. The van der Waals surface area contributed by atoms with Crippen LogP contribution >= 0.6 is 0 Å². The van der Waals surface area contributed by atoms with Crippen LogP contribution in [-0.2, 0) is 23.8 Å². The second kappa shape index (κ2) is 5.34. The van der Waals surface area contributed by atoms with Crippen LogP contribution < -0.4 is 0 Å². The van der Waals surface area contributed by atoms with Crippen molar-refractivity contribution < 1.29 is 27.2 Å². The van der Waals surface area contributed by atoms with E-state index in [4.69, 9.17) is 4.18 Å². The minimum absolute atomic E-state index is 0.171. The summed E-state index contributed by atoms with van der Waals surface area (Å²) in [7, 11) is -3.20. The van der Waals surface area contributed by atoms with E-state index in [1.54, 1.807) is 0 Å². The van der Waals surface area contributed by atoms with Gasteiger partial charge in [0, 0.05) is 13.0 Å². The number of nitrogens with zero attached hydrogens (tertiary/aromatic N) is 1. The van der Waals surface area contributed by atoms with E-state index in [1.807, 2.05) is 0 Å². The maximum atomic E-state index is 11.5. The predicted octanol–water partition coefficient (Wildman–Crippen LogP) is -1.31. The molecule has 1 saturated heterocycles. The quantitative estimate of drug-likeness (QED) is 0.383. The fourth-order valence-corrected chi connectivity index (χ4v) is 2.55. The van der Waals surface area contributed by atoms with Gasteiger partial charge in [-0.25, -0.2) is 0 Å². The van der Waals surface area contributed by atoms with E-state index in [0.29, 0.717) is 0 Å². The van der Waals surface area contributed by atoms with E-state index in [1.165, 1.54) is 18.7 Å². The smallest absolute Gasteiger partial charge is 0.377 e. The third kappa shape index (κ3) is 3.95. The lowest BCUT2D eigenvalue weighted by atomic mass is 9.84. The van der Waals surface area contributed by atoms with Crippen LogP contribution in [0.25, 0.3) is 0 Å². The van der Waals surface area contributed by atoms with Crippen molar-refractivity contribution in [2.45, 2.75) is 25.4 Å². The lowest BCUT2D eigenvalue weighted by Crippen LogP contribution is -2.45. The van der Waals surface area contributed by atoms with Gasteiger partial charge in [-0.05, 0) is 6.82 Å². The first-order valence-corrected chi connectivity index (χ1v) is 6.96. The van der Waals surface area contributed by atoms with Crippen molar-refractivity contribution >= 4 is 23.1 Å². The first kappa shape index (κ1) is 14.4. The Morgan fingerprint density at radius 3 is 2.53 bits per heavy atom. The van der Waals surface area contributed by atoms with Crippen LogP contribution in [-0.4, -0.2) is 63.3 Å². The van der Waals surface area contributed by atoms with Crippen LogP contribution in [0.15, 0.2) is 0 Å². The molecular weight excluding hydrogens is 249 g/mol. The molecule has 98 valence electrons. The Hall–Kier alpha value is -0.635. The molecule has 1 rings (SSSR count). The van der Waals surface area contributed by atoms with Crippen molar-refractivity contribution in [2.24, 2.45) is 0 Å². The van der Waals surface area contributed by atoms with Crippen molar-refractivity contribution in [3.8, 4) is 0 Å². The summed E-state index contributed by atoms with van der Waals surface area (Å²) in [6.07, 6.45) is 0.499. The van der Waals surface area contributed by atoms with Crippen LogP contribution in [0, 0.1) is 0 Å². The Balaban J connectivity index is 2.75. The highest BCUT2D eigenvalue weighted by molar-refractivity contribution is 7.86. The largest absolute Gasteiger partial charge is 0.468 e. The molecule has 0 radical (unpaired) electrons. The summed E-state index contributed by atoms with van der Waals surface area (Å²) in [6.45, 7) is 1.67. The molecule has 17 heavy (non-hydrogen) atoms. The highest BCUT2D eigenvalue weighted by atomic mass is 32.2. The van der Waals surface area contributed by atoms with Gasteiger partial charge in [-0.1, -0.05) is 0 Å². The average Bonchev–Trinajstić information content (AvgIpc) is 2.57. The molecule has 1 aliphatic rings. The number of ether oxygens (including phenoxy) is 1. The van der Waals surface area contributed by atoms with E-state index < -0.39 is 35.3 Å². The summed E-state index contributed by atoms with van der Waals surface area (Å²) in [4.78, 5) is 12.9. The van der Waals surface area contributed by atoms with Crippen LogP contribution in [0.2, 0.25) is 6.82 Å². The molecule has 0 aromatic heterocycles. The number of carbonyl (C=O) groups is 1. The fourth-order valence-electron chi connectivity index (χ4n) is 1.92. The normalized spacial score (nSPS) is 25.9. The van der Waals surface area contributed by atoms with Crippen LogP contribution in [0.3, 0.4) is 0 Å². The Kier molecular flexibility index (Phi) is 4.53. The minimum atomic E-state index is -3.57. The third-order valence-electron chi connectivity index (χ3n) is 2.57. The molecule has 1 fully saturated rings. The topological polar surface area (TPSA) is 93.1 Å². The molecule has 0 amide bonds. The van der Waals surface area contributed by atoms with Gasteiger partial charge < -0.3 is 14.6 Å². The highest BCUT2D eigenvalue weighted by Crippen LogP contribution is 2.23. The van der Waals surface area contributed by atoms with E-state index in [9.17, 15) is 18.2 Å². The molecule has 0 saturated carbocycles. The van der Waals surface area contributed by atoms with E-state index >= 15 is 0 Å². The van der Waals surface area contributed by atoms with Gasteiger partial charge in [0.1, 0.15) is 6.04 Å².